The molecule has 9 rings (SSSR count). The van der Waals surface area contributed by atoms with E-state index in [4.69, 9.17) is 0 Å². The van der Waals surface area contributed by atoms with E-state index in [9.17, 15) is 0 Å². The van der Waals surface area contributed by atoms with Gasteiger partial charge in [0, 0.05) is 40.0 Å². The van der Waals surface area contributed by atoms with Gasteiger partial charge >= 0.3 is 0 Å². The molecule has 0 amide bonds. The lowest BCUT2D eigenvalue weighted by Crippen LogP contribution is -2.30. The van der Waals surface area contributed by atoms with Crippen molar-refractivity contribution in [3.8, 4) is 44.8 Å². The summed E-state index contributed by atoms with van der Waals surface area (Å²) in [6, 6.07) is 46.5. The topological polar surface area (TPSA) is 29.0 Å². The zero-order valence-electron chi connectivity index (χ0n) is 24.6. The maximum atomic E-state index is 4.65. The number of hydrogen-bond donors (Lipinski definition) is 0. The molecule has 0 spiro atoms. The fourth-order valence-corrected chi connectivity index (χ4v) is 7.38. The highest BCUT2D eigenvalue weighted by molar-refractivity contribution is 6.17. The Morgan fingerprint density at radius 1 is 0.477 bits per heavy atom. The Morgan fingerprint density at radius 3 is 1.64 bits per heavy atom. The van der Waals surface area contributed by atoms with Gasteiger partial charge in [-0.1, -0.05) is 117 Å². The fourth-order valence-electron chi connectivity index (χ4n) is 7.38. The summed E-state index contributed by atoms with van der Waals surface area (Å²) in [6.07, 6.45) is 3.56. The van der Waals surface area contributed by atoms with Gasteiger partial charge in [0.2, 0.25) is 0 Å². The van der Waals surface area contributed by atoms with Crippen molar-refractivity contribution in [1.29, 1.82) is 0 Å². The lowest BCUT2D eigenvalue weighted by atomic mass is 9.73. The van der Waals surface area contributed by atoms with Gasteiger partial charge in [-0.15, -0.1) is 0 Å². The minimum absolute atomic E-state index is 0.0614. The Kier molecular flexibility index (Phi) is 5.24. The largest absolute Gasteiger partial charge is 0.310 e. The van der Waals surface area contributed by atoms with E-state index in [0.717, 1.165) is 11.4 Å². The SMILES string of the molecule is CC1(C)c2ccccc2N(c2ccc(-c3ccc(-c4ccc5c6c(cccc46)-c4nccnc4-5)cc3)cc2)c2ccccc21. The first kappa shape index (κ1) is 25.0. The van der Waals surface area contributed by atoms with Crippen LogP contribution in [0.5, 0.6) is 0 Å². The van der Waals surface area contributed by atoms with Crippen LogP contribution in [-0.2, 0) is 5.41 Å². The van der Waals surface area contributed by atoms with Crippen LogP contribution in [0.4, 0.5) is 17.1 Å². The molecule has 0 fully saturated rings. The van der Waals surface area contributed by atoms with Gasteiger partial charge in [-0.2, -0.15) is 0 Å². The number of fused-ring (bicyclic) bond motifs is 5. The van der Waals surface area contributed by atoms with E-state index in [1.807, 2.05) is 0 Å². The molecule has 2 heterocycles. The van der Waals surface area contributed by atoms with Crippen molar-refractivity contribution in [2.75, 3.05) is 4.90 Å². The third-order valence-electron chi connectivity index (χ3n) is 9.54. The number of nitrogens with zero attached hydrogens (tertiary/aromatic N) is 3. The van der Waals surface area contributed by atoms with Crippen LogP contribution in [0.3, 0.4) is 0 Å². The third-order valence-corrected chi connectivity index (χ3v) is 9.54. The van der Waals surface area contributed by atoms with Gasteiger partial charge in [0.1, 0.15) is 0 Å². The summed E-state index contributed by atoms with van der Waals surface area (Å²) in [4.78, 5) is 11.7. The Hall–Kier alpha value is -5.54. The summed E-state index contributed by atoms with van der Waals surface area (Å²) in [6.45, 7) is 4.65. The maximum Gasteiger partial charge on any atom is 0.0971 e. The van der Waals surface area contributed by atoms with E-state index in [2.05, 4.69) is 156 Å². The zero-order chi connectivity index (χ0) is 29.4. The summed E-state index contributed by atoms with van der Waals surface area (Å²) in [5.41, 5.74) is 15.4. The van der Waals surface area contributed by atoms with Gasteiger partial charge in [-0.3, -0.25) is 9.97 Å². The van der Waals surface area contributed by atoms with Crippen LogP contribution >= 0.6 is 0 Å². The Bertz CT molecular complexity index is 2170. The summed E-state index contributed by atoms with van der Waals surface area (Å²) in [7, 11) is 0. The van der Waals surface area contributed by atoms with Gasteiger partial charge in [0.15, 0.2) is 0 Å². The van der Waals surface area contributed by atoms with Crippen molar-refractivity contribution in [2.45, 2.75) is 19.3 Å². The first-order valence-corrected chi connectivity index (χ1v) is 15.2. The molecule has 1 aliphatic carbocycles. The van der Waals surface area contributed by atoms with Crippen LogP contribution in [0.25, 0.3) is 55.5 Å². The number of hydrogen-bond acceptors (Lipinski definition) is 3. The van der Waals surface area contributed by atoms with E-state index in [-0.39, 0.29) is 5.41 Å². The normalized spacial score (nSPS) is 13.8. The number of para-hydroxylation sites is 2. The highest BCUT2D eigenvalue weighted by Gasteiger charge is 2.36. The van der Waals surface area contributed by atoms with E-state index >= 15 is 0 Å². The molecular weight excluding hydrogens is 534 g/mol. The average Bonchev–Trinajstić information content (AvgIpc) is 3.41. The van der Waals surface area contributed by atoms with Crippen LogP contribution in [0.2, 0.25) is 0 Å². The molecule has 0 unspecified atom stereocenters. The van der Waals surface area contributed by atoms with E-state index in [1.165, 1.54) is 72.3 Å². The zero-order valence-corrected chi connectivity index (χ0v) is 24.6. The molecule has 0 N–H and O–H groups in total. The summed E-state index contributed by atoms with van der Waals surface area (Å²) in [5.74, 6) is 0. The standard InChI is InChI=1S/C41H29N3/c1-41(2)34-10-3-5-12-36(34)44(37-13-6-4-11-35(37)41)29-20-18-27(19-21-29)26-14-16-28(17-15-26)30-22-23-33-38-31(30)8-7-9-32(38)39-40(33)43-25-24-42-39/h3-25H,1-2H3. The predicted molar refractivity (Wildman–Crippen MR) is 182 cm³/mol. The molecular formula is C41H29N3. The lowest BCUT2D eigenvalue weighted by molar-refractivity contribution is 0.632. The van der Waals surface area contributed by atoms with Gasteiger partial charge in [0.25, 0.3) is 0 Å². The van der Waals surface area contributed by atoms with Crippen molar-refractivity contribution in [3.63, 3.8) is 0 Å². The van der Waals surface area contributed by atoms with Gasteiger partial charge in [0.05, 0.1) is 22.8 Å². The van der Waals surface area contributed by atoms with Crippen molar-refractivity contribution >= 4 is 27.8 Å². The smallest absolute Gasteiger partial charge is 0.0971 e. The highest BCUT2D eigenvalue weighted by atomic mass is 15.2. The third kappa shape index (κ3) is 3.50. The molecule has 0 bridgehead atoms. The second kappa shape index (κ2) is 9.23. The maximum absolute atomic E-state index is 4.65. The lowest BCUT2D eigenvalue weighted by Gasteiger charge is -2.42. The van der Waals surface area contributed by atoms with Gasteiger partial charge in [-0.05, 0) is 63.0 Å². The second-order valence-electron chi connectivity index (χ2n) is 12.3. The van der Waals surface area contributed by atoms with Crippen molar-refractivity contribution in [2.24, 2.45) is 0 Å². The quantitative estimate of drug-likeness (QED) is 0.214. The molecule has 0 saturated heterocycles. The predicted octanol–water partition coefficient (Wildman–Crippen LogP) is 10.7. The summed E-state index contributed by atoms with van der Waals surface area (Å²) < 4.78 is 0. The monoisotopic (exact) mass is 563 g/mol. The fraction of sp³-hybridized carbons (Fsp3) is 0.0732. The summed E-state index contributed by atoms with van der Waals surface area (Å²) >= 11 is 0. The first-order chi connectivity index (χ1) is 21.6. The van der Waals surface area contributed by atoms with Crippen LogP contribution in [0.15, 0.2) is 140 Å². The summed E-state index contributed by atoms with van der Waals surface area (Å²) in [5, 5.41) is 2.48. The van der Waals surface area contributed by atoms with Gasteiger partial charge in [-0.25, -0.2) is 0 Å². The van der Waals surface area contributed by atoms with Crippen molar-refractivity contribution in [3.05, 3.63) is 151 Å². The molecule has 2 aliphatic rings. The van der Waals surface area contributed by atoms with E-state index in [1.54, 1.807) is 12.4 Å². The number of aromatic nitrogens is 2. The van der Waals surface area contributed by atoms with E-state index in [0.29, 0.717) is 0 Å². The number of benzene rings is 6. The first-order valence-electron chi connectivity index (χ1n) is 15.2. The Morgan fingerprint density at radius 2 is 1.00 bits per heavy atom. The Labute approximate surface area is 257 Å². The molecule has 3 nitrogen and oxygen atoms in total. The molecule has 44 heavy (non-hydrogen) atoms. The Balaban J connectivity index is 1.07. The molecule has 3 heteroatoms. The molecule has 0 radical (unpaired) electrons. The van der Waals surface area contributed by atoms with Crippen molar-refractivity contribution < 1.29 is 0 Å². The molecule has 6 aromatic carbocycles. The average molecular weight is 564 g/mol. The molecule has 0 atom stereocenters. The van der Waals surface area contributed by atoms with Crippen molar-refractivity contribution in [1.82, 2.24) is 9.97 Å². The van der Waals surface area contributed by atoms with Crippen LogP contribution in [0.1, 0.15) is 25.0 Å². The van der Waals surface area contributed by atoms with Crippen LogP contribution < -0.4 is 4.90 Å². The second-order valence-corrected chi connectivity index (χ2v) is 12.3. The van der Waals surface area contributed by atoms with Gasteiger partial charge < -0.3 is 4.90 Å². The molecule has 1 aromatic heterocycles. The number of anilines is 3. The molecule has 208 valence electrons. The number of rotatable bonds is 3. The van der Waals surface area contributed by atoms with Crippen LogP contribution in [-0.4, -0.2) is 9.97 Å². The van der Waals surface area contributed by atoms with E-state index < -0.39 is 0 Å². The minimum atomic E-state index is -0.0614. The molecule has 7 aromatic rings. The minimum Gasteiger partial charge on any atom is -0.310 e. The van der Waals surface area contributed by atoms with Crippen LogP contribution in [0, 0.1) is 0 Å². The molecule has 1 aliphatic heterocycles. The molecule has 0 saturated carbocycles. The highest BCUT2D eigenvalue weighted by Crippen LogP contribution is 2.52.